The van der Waals surface area contributed by atoms with Crippen LogP contribution in [0.15, 0.2) is 36.8 Å². The van der Waals surface area contributed by atoms with Crippen molar-refractivity contribution < 1.29 is 18.7 Å². The molecule has 1 aromatic carbocycles. The highest BCUT2D eigenvalue weighted by atomic mass is 19.1. The number of ether oxygens (including phenoxy) is 1. The molecule has 3 aromatic rings. The van der Waals surface area contributed by atoms with E-state index in [2.05, 4.69) is 23.0 Å². The van der Waals surface area contributed by atoms with Crippen LogP contribution in [0.1, 0.15) is 47.7 Å². The summed E-state index contributed by atoms with van der Waals surface area (Å²) in [7, 11) is 1.31. The third-order valence-electron chi connectivity index (χ3n) is 8.06. The molecule has 0 saturated carbocycles. The van der Waals surface area contributed by atoms with Crippen LogP contribution in [-0.4, -0.2) is 71.1 Å². The molecule has 196 valence electrons. The second-order valence-electron chi connectivity index (χ2n) is 10.6. The number of fused-ring (bicyclic) bond motifs is 1. The topological polar surface area (TPSA) is 67.7 Å². The molecule has 0 aliphatic carbocycles. The number of piperidine rings is 1. The Kier molecular flexibility index (Phi) is 7.29. The lowest BCUT2D eigenvalue weighted by Gasteiger charge is -2.33. The van der Waals surface area contributed by atoms with Gasteiger partial charge >= 0.3 is 5.97 Å². The van der Waals surface area contributed by atoms with Crippen molar-refractivity contribution in [2.75, 3.05) is 39.8 Å². The van der Waals surface area contributed by atoms with Gasteiger partial charge in [0, 0.05) is 50.9 Å². The molecule has 0 unspecified atom stereocenters. The largest absolute Gasteiger partial charge is 0.465 e. The third kappa shape index (κ3) is 5.25. The highest BCUT2D eigenvalue weighted by Gasteiger charge is 2.29. The first-order valence-electron chi connectivity index (χ1n) is 13.1. The molecule has 2 aromatic heterocycles. The summed E-state index contributed by atoms with van der Waals surface area (Å²) >= 11 is 0. The van der Waals surface area contributed by atoms with Crippen molar-refractivity contribution >= 4 is 22.8 Å². The zero-order chi connectivity index (χ0) is 26.1. The molecule has 2 saturated heterocycles. The van der Waals surface area contributed by atoms with Crippen molar-refractivity contribution in [2.24, 2.45) is 11.8 Å². The Morgan fingerprint density at radius 1 is 1.11 bits per heavy atom. The zero-order valence-corrected chi connectivity index (χ0v) is 21.9. The van der Waals surface area contributed by atoms with Gasteiger partial charge in [-0.2, -0.15) is 0 Å². The first-order valence-corrected chi connectivity index (χ1v) is 13.1. The van der Waals surface area contributed by atoms with Gasteiger partial charge in [0.2, 0.25) is 5.91 Å². The number of esters is 1. The number of methoxy groups -OCH3 is 1. The number of benzene rings is 1. The molecule has 1 amide bonds. The van der Waals surface area contributed by atoms with Gasteiger partial charge in [-0.1, -0.05) is 0 Å². The molecule has 7 nitrogen and oxygen atoms in total. The van der Waals surface area contributed by atoms with Crippen molar-refractivity contribution in [3.63, 3.8) is 0 Å². The maximum Gasteiger partial charge on any atom is 0.340 e. The van der Waals surface area contributed by atoms with Crippen molar-refractivity contribution in [3.05, 3.63) is 59.3 Å². The van der Waals surface area contributed by atoms with Crippen LogP contribution >= 0.6 is 0 Å². The predicted octanol–water partition coefficient (Wildman–Crippen LogP) is 4.38. The number of carbonyl (C=O) groups is 2. The minimum Gasteiger partial charge on any atom is -0.465 e. The number of halogens is 1. The Balaban J connectivity index is 1.35. The van der Waals surface area contributed by atoms with Crippen molar-refractivity contribution in [1.82, 2.24) is 19.4 Å². The number of aromatic nitrogens is 2. The van der Waals surface area contributed by atoms with Crippen LogP contribution < -0.4 is 0 Å². The number of amides is 1. The Morgan fingerprint density at radius 3 is 2.59 bits per heavy atom. The molecule has 0 bridgehead atoms. The molecule has 2 aliphatic heterocycles. The van der Waals surface area contributed by atoms with E-state index in [-0.39, 0.29) is 11.5 Å². The number of rotatable bonds is 6. The van der Waals surface area contributed by atoms with Crippen LogP contribution in [0.25, 0.3) is 16.6 Å². The Bertz CT molecular complexity index is 1310. The number of hydrogen-bond acceptors (Lipinski definition) is 5. The lowest BCUT2D eigenvalue weighted by atomic mass is 9.96. The van der Waals surface area contributed by atoms with Crippen LogP contribution in [0.4, 0.5) is 4.39 Å². The highest BCUT2D eigenvalue weighted by molar-refractivity contribution is 5.95. The van der Waals surface area contributed by atoms with Crippen molar-refractivity contribution in [2.45, 2.75) is 39.5 Å². The third-order valence-corrected chi connectivity index (χ3v) is 8.06. The average Bonchev–Trinajstić information content (AvgIpc) is 3.49. The molecule has 0 spiro atoms. The Morgan fingerprint density at radius 2 is 1.86 bits per heavy atom. The standard InChI is InChI=1S/C29H35FN4O3/c1-19-14-31-15-27-28(19)23(18-34(27)26-5-4-24(30)13-25(26)29(36)37-3)12-22-6-9-32(17-22)16-21-7-10-33(11-8-21)20(2)35/h4-5,13-15,18,21-22H,6-12,16-17H2,1-3H3/t22-/m0/s1. The van der Waals surface area contributed by atoms with Gasteiger partial charge in [0.05, 0.1) is 30.1 Å². The van der Waals surface area contributed by atoms with E-state index in [4.69, 9.17) is 4.74 Å². The van der Waals surface area contributed by atoms with E-state index in [0.29, 0.717) is 17.5 Å². The van der Waals surface area contributed by atoms with Gasteiger partial charge in [-0.3, -0.25) is 9.78 Å². The predicted molar refractivity (Wildman–Crippen MR) is 140 cm³/mol. The lowest BCUT2D eigenvalue weighted by molar-refractivity contribution is -0.130. The van der Waals surface area contributed by atoms with Crippen LogP contribution in [0.3, 0.4) is 0 Å². The Labute approximate surface area is 217 Å². The molecule has 2 fully saturated rings. The van der Waals surface area contributed by atoms with E-state index in [9.17, 15) is 14.0 Å². The van der Waals surface area contributed by atoms with Gasteiger partial charge < -0.3 is 19.1 Å². The molecular weight excluding hydrogens is 471 g/mol. The molecule has 2 aliphatic rings. The van der Waals surface area contributed by atoms with E-state index >= 15 is 0 Å². The number of hydrogen-bond donors (Lipinski definition) is 0. The quantitative estimate of drug-likeness (QED) is 0.464. The fourth-order valence-electron chi connectivity index (χ4n) is 6.14. The summed E-state index contributed by atoms with van der Waals surface area (Å²) in [6.45, 7) is 8.73. The fraction of sp³-hybridized carbons (Fsp3) is 0.483. The average molecular weight is 507 g/mol. The van der Waals surface area contributed by atoms with Gasteiger partial charge in [0.25, 0.3) is 0 Å². The number of carbonyl (C=O) groups excluding carboxylic acids is 2. The fourth-order valence-corrected chi connectivity index (χ4v) is 6.14. The number of pyridine rings is 1. The minimum atomic E-state index is -0.570. The molecular formula is C29H35FN4O3. The van der Waals surface area contributed by atoms with Gasteiger partial charge in [0.15, 0.2) is 0 Å². The van der Waals surface area contributed by atoms with Gasteiger partial charge in [0.1, 0.15) is 5.82 Å². The maximum atomic E-state index is 14.0. The molecule has 1 atom stereocenters. The summed E-state index contributed by atoms with van der Waals surface area (Å²) in [5.41, 5.74) is 3.98. The number of aryl methyl sites for hydroxylation is 1. The first-order chi connectivity index (χ1) is 17.8. The number of nitrogens with zero attached hydrogens (tertiary/aromatic N) is 4. The summed E-state index contributed by atoms with van der Waals surface area (Å²) in [6.07, 6.45) is 10.0. The minimum absolute atomic E-state index is 0.184. The second-order valence-corrected chi connectivity index (χ2v) is 10.6. The summed E-state index contributed by atoms with van der Waals surface area (Å²) < 4.78 is 20.9. The Hall–Kier alpha value is -3.26. The van der Waals surface area contributed by atoms with E-state index in [1.165, 1.54) is 24.8 Å². The molecule has 0 radical (unpaired) electrons. The van der Waals surface area contributed by atoms with E-state index in [1.807, 2.05) is 21.9 Å². The van der Waals surface area contributed by atoms with E-state index in [1.54, 1.807) is 13.0 Å². The molecule has 37 heavy (non-hydrogen) atoms. The van der Waals surface area contributed by atoms with Gasteiger partial charge in [-0.25, -0.2) is 9.18 Å². The van der Waals surface area contributed by atoms with Gasteiger partial charge in [-0.15, -0.1) is 0 Å². The molecule has 5 rings (SSSR count). The molecule has 4 heterocycles. The summed E-state index contributed by atoms with van der Waals surface area (Å²) in [6, 6.07) is 4.22. The summed E-state index contributed by atoms with van der Waals surface area (Å²) in [4.78, 5) is 33.0. The van der Waals surface area contributed by atoms with Crippen molar-refractivity contribution in [1.29, 1.82) is 0 Å². The summed E-state index contributed by atoms with van der Waals surface area (Å²) in [5, 5.41) is 1.14. The number of likely N-dealkylation sites (tertiary alicyclic amines) is 2. The zero-order valence-electron chi connectivity index (χ0n) is 21.9. The van der Waals surface area contributed by atoms with E-state index in [0.717, 1.165) is 74.9 Å². The van der Waals surface area contributed by atoms with Crippen LogP contribution in [0, 0.1) is 24.6 Å². The van der Waals surface area contributed by atoms with Gasteiger partial charge in [-0.05, 0) is 80.3 Å². The molecule has 0 N–H and O–H groups in total. The summed E-state index contributed by atoms with van der Waals surface area (Å²) in [5.74, 6) is 0.327. The monoisotopic (exact) mass is 506 g/mol. The van der Waals surface area contributed by atoms with Crippen LogP contribution in [0.5, 0.6) is 0 Å². The lowest BCUT2D eigenvalue weighted by Crippen LogP contribution is -2.40. The van der Waals surface area contributed by atoms with Crippen LogP contribution in [0.2, 0.25) is 0 Å². The normalized spacial score (nSPS) is 19.0. The highest BCUT2D eigenvalue weighted by Crippen LogP contribution is 2.33. The SMILES string of the molecule is COC(=O)c1cc(F)ccc1-n1cc(C[C@@H]2CCN(CC3CCN(C(C)=O)CC3)C2)c2c(C)cncc21. The smallest absolute Gasteiger partial charge is 0.340 e. The molecule has 8 heteroatoms. The van der Waals surface area contributed by atoms with Crippen LogP contribution in [-0.2, 0) is 16.0 Å². The maximum absolute atomic E-state index is 14.0. The van der Waals surface area contributed by atoms with E-state index < -0.39 is 11.8 Å². The second kappa shape index (κ2) is 10.6. The first kappa shape index (κ1) is 25.4. The van der Waals surface area contributed by atoms with Crippen molar-refractivity contribution in [3.8, 4) is 5.69 Å².